The second-order valence-electron chi connectivity index (χ2n) is 3.95. The minimum Gasteiger partial charge on any atom is -0.443 e. The summed E-state index contributed by atoms with van der Waals surface area (Å²) < 4.78 is 5.25. The number of benzene rings is 1. The number of aromatic amines is 1. The fraction of sp³-hybridized carbons (Fsp3) is 0.167. The van der Waals surface area contributed by atoms with Crippen LogP contribution in [0, 0.1) is 13.8 Å². The summed E-state index contributed by atoms with van der Waals surface area (Å²) >= 11 is 0. The topological polar surface area (TPSA) is 66.7 Å². The van der Waals surface area contributed by atoms with Gasteiger partial charge in [-0.3, -0.25) is 5.10 Å². The zero-order valence-corrected chi connectivity index (χ0v) is 9.61. The molecule has 2 heterocycles. The summed E-state index contributed by atoms with van der Waals surface area (Å²) in [6.45, 7) is 4.01. The molecule has 0 bridgehead atoms. The van der Waals surface area contributed by atoms with Crippen molar-refractivity contribution in [1.82, 2.24) is 15.2 Å². The highest BCUT2D eigenvalue weighted by atomic mass is 16.3. The average molecular weight is 228 g/mol. The number of fused-ring (bicyclic) bond motifs is 1. The van der Waals surface area contributed by atoms with Crippen LogP contribution in [0.3, 0.4) is 0 Å². The first-order valence-electron chi connectivity index (χ1n) is 5.36. The highest BCUT2D eigenvalue weighted by Crippen LogP contribution is 2.26. The van der Waals surface area contributed by atoms with Crippen LogP contribution in [-0.2, 0) is 0 Å². The third kappa shape index (κ3) is 1.56. The van der Waals surface area contributed by atoms with E-state index >= 15 is 0 Å². The van der Waals surface area contributed by atoms with E-state index in [9.17, 15) is 0 Å². The molecule has 0 aliphatic heterocycles. The largest absolute Gasteiger partial charge is 0.443 e. The Kier molecular flexibility index (Phi) is 2.11. The molecule has 2 N–H and O–H groups in total. The average Bonchev–Trinajstić information content (AvgIpc) is 2.91. The Morgan fingerprint density at radius 1 is 1.29 bits per heavy atom. The highest BCUT2D eigenvalue weighted by Gasteiger charge is 2.09. The monoisotopic (exact) mass is 228 g/mol. The van der Waals surface area contributed by atoms with Gasteiger partial charge in [0.2, 0.25) is 0 Å². The zero-order chi connectivity index (χ0) is 11.8. The number of hydrogen-bond acceptors (Lipinski definition) is 4. The van der Waals surface area contributed by atoms with E-state index in [0.717, 1.165) is 33.9 Å². The van der Waals surface area contributed by atoms with Gasteiger partial charge in [-0.2, -0.15) is 5.10 Å². The summed E-state index contributed by atoms with van der Waals surface area (Å²) in [5, 5.41) is 10.4. The molecule has 2 aromatic heterocycles. The molecule has 5 nitrogen and oxygen atoms in total. The highest BCUT2D eigenvalue weighted by molar-refractivity contribution is 5.88. The molecular weight excluding hydrogens is 216 g/mol. The van der Waals surface area contributed by atoms with Crippen molar-refractivity contribution in [2.75, 3.05) is 5.32 Å². The zero-order valence-electron chi connectivity index (χ0n) is 9.61. The van der Waals surface area contributed by atoms with Crippen molar-refractivity contribution in [3.63, 3.8) is 0 Å². The smallest absolute Gasteiger partial charge is 0.182 e. The molecule has 0 radical (unpaired) electrons. The standard InChI is InChI=1S/C12H12N4O/c1-7-8(2)15-16-12(7)14-9-4-3-5-10-11(9)13-6-17-10/h3-6H,1-2H3,(H2,14,15,16). The molecule has 0 spiro atoms. The molecule has 1 aromatic carbocycles. The van der Waals surface area contributed by atoms with E-state index in [4.69, 9.17) is 4.42 Å². The Labute approximate surface area is 97.9 Å². The van der Waals surface area contributed by atoms with Crippen LogP contribution in [0.25, 0.3) is 11.1 Å². The number of nitrogens with zero attached hydrogens (tertiary/aromatic N) is 2. The van der Waals surface area contributed by atoms with Crippen LogP contribution in [0.2, 0.25) is 0 Å². The number of aromatic nitrogens is 3. The third-order valence-corrected chi connectivity index (χ3v) is 2.87. The molecule has 0 atom stereocenters. The van der Waals surface area contributed by atoms with Gasteiger partial charge in [-0.05, 0) is 26.0 Å². The van der Waals surface area contributed by atoms with Gasteiger partial charge in [0.15, 0.2) is 17.8 Å². The number of nitrogens with one attached hydrogen (secondary N) is 2. The van der Waals surface area contributed by atoms with Crippen LogP contribution in [0.15, 0.2) is 29.0 Å². The Hall–Kier alpha value is -2.30. The van der Waals surface area contributed by atoms with E-state index in [1.807, 2.05) is 32.0 Å². The van der Waals surface area contributed by atoms with Gasteiger partial charge in [-0.25, -0.2) is 4.98 Å². The van der Waals surface area contributed by atoms with Gasteiger partial charge >= 0.3 is 0 Å². The Bertz CT molecular complexity index is 668. The van der Waals surface area contributed by atoms with Crippen LogP contribution in [-0.4, -0.2) is 15.2 Å². The van der Waals surface area contributed by atoms with Crippen molar-refractivity contribution in [1.29, 1.82) is 0 Å². The maximum Gasteiger partial charge on any atom is 0.182 e. The SMILES string of the molecule is Cc1[nH]nc(Nc2cccc3ocnc23)c1C. The number of anilines is 2. The molecule has 3 aromatic rings. The number of para-hydroxylation sites is 1. The second-order valence-corrected chi connectivity index (χ2v) is 3.95. The summed E-state index contributed by atoms with van der Waals surface area (Å²) in [6, 6.07) is 5.76. The molecule has 0 fully saturated rings. The fourth-order valence-electron chi connectivity index (χ4n) is 1.72. The third-order valence-electron chi connectivity index (χ3n) is 2.87. The van der Waals surface area contributed by atoms with Gasteiger partial charge in [0, 0.05) is 11.3 Å². The van der Waals surface area contributed by atoms with Gasteiger partial charge in [0.25, 0.3) is 0 Å². The van der Waals surface area contributed by atoms with Crippen molar-refractivity contribution in [3.8, 4) is 0 Å². The lowest BCUT2D eigenvalue weighted by Gasteiger charge is -2.04. The number of oxazole rings is 1. The van der Waals surface area contributed by atoms with Crippen LogP contribution >= 0.6 is 0 Å². The Morgan fingerprint density at radius 2 is 2.18 bits per heavy atom. The van der Waals surface area contributed by atoms with Crippen molar-refractivity contribution in [2.45, 2.75) is 13.8 Å². The fourth-order valence-corrected chi connectivity index (χ4v) is 1.72. The van der Waals surface area contributed by atoms with Crippen molar-refractivity contribution in [3.05, 3.63) is 35.9 Å². The first-order chi connectivity index (χ1) is 8.25. The van der Waals surface area contributed by atoms with Crippen molar-refractivity contribution in [2.24, 2.45) is 0 Å². The molecule has 0 amide bonds. The van der Waals surface area contributed by atoms with E-state index < -0.39 is 0 Å². The quantitative estimate of drug-likeness (QED) is 0.707. The molecule has 0 aliphatic rings. The van der Waals surface area contributed by atoms with E-state index in [2.05, 4.69) is 20.5 Å². The maximum atomic E-state index is 5.25. The molecule has 17 heavy (non-hydrogen) atoms. The van der Waals surface area contributed by atoms with Gasteiger partial charge in [0.05, 0.1) is 5.69 Å². The molecule has 0 aliphatic carbocycles. The maximum absolute atomic E-state index is 5.25. The van der Waals surface area contributed by atoms with Gasteiger partial charge < -0.3 is 9.73 Å². The summed E-state index contributed by atoms with van der Waals surface area (Å²) in [4.78, 5) is 4.18. The van der Waals surface area contributed by atoms with Crippen LogP contribution in [0.1, 0.15) is 11.3 Å². The first kappa shape index (κ1) is 9.89. The molecule has 3 rings (SSSR count). The number of H-pyrrole nitrogens is 1. The minimum atomic E-state index is 0.764. The summed E-state index contributed by atoms with van der Waals surface area (Å²) in [7, 11) is 0. The molecule has 0 saturated carbocycles. The summed E-state index contributed by atoms with van der Waals surface area (Å²) in [5.74, 6) is 0.818. The van der Waals surface area contributed by atoms with Gasteiger partial charge in [0.1, 0.15) is 5.52 Å². The summed E-state index contributed by atoms with van der Waals surface area (Å²) in [6.07, 6.45) is 1.44. The van der Waals surface area contributed by atoms with Gasteiger partial charge in [-0.1, -0.05) is 6.07 Å². The second kappa shape index (κ2) is 3.62. The van der Waals surface area contributed by atoms with Crippen molar-refractivity contribution < 1.29 is 4.42 Å². The molecular formula is C12H12N4O. The van der Waals surface area contributed by atoms with Crippen LogP contribution in [0.5, 0.6) is 0 Å². The Morgan fingerprint density at radius 3 is 2.94 bits per heavy atom. The molecule has 0 unspecified atom stereocenters. The number of rotatable bonds is 2. The predicted octanol–water partition coefficient (Wildman–Crippen LogP) is 2.91. The minimum absolute atomic E-state index is 0.764. The first-order valence-corrected chi connectivity index (χ1v) is 5.36. The number of aryl methyl sites for hydroxylation is 1. The van der Waals surface area contributed by atoms with E-state index in [1.165, 1.54) is 6.39 Å². The normalized spacial score (nSPS) is 10.9. The predicted molar refractivity (Wildman–Crippen MR) is 65.4 cm³/mol. The summed E-state index contributed by atoms with van der Waals surface area (Å²) in [5.41, 5.74) is 4.63. The number of hydrogen-bond donors (Lipinski definition) is 2. The lowest BCUT2D eigenvalue weighted by molar-refractivity contribution is 0.602. The van der Waals surface area contributed by atoms with Gasteiger partial charge in [-0.15, -0.1) is 0 Å². The van der Waals surface area contributed by atoms with E-state index in [-0.39, 0.29) is 0 Å². The Balaban J connectivity index is 2.05. The van der Waals surface area contributed by atoms with Crippen LogP contribution < -0.4 is 5.32 Å². The molecule has 5 heteroatoms. The van der Waals surface area contributed by atoms with E-state index in [0.29, 0.717) is 0 Å². The lowest BCUT2D eigenvalue weighted by atomic mass is 10.2. The lowest BCUT2D eigenvalue weighted by Crippen LogP contribution is -1.93. The molecule has 86 valence electrons. The molecule has 0 saturated heterocycles. The van der Waals surface area contributed by atoms with E-state index in [1.54, 1.807) is 0 Å². The van der Waals surface area contributed by atoms with Crippen LogP contribution in [0.4, 0.5) is 11.5 Å². The van der Waals surface area contributed by atoms with Crippen molar-refractivity contribution >= 4 is 22.6 Å².